The maximum absolute atomic E-state index is 10.9. The Kier molecular flexibility index (Phi) is 4.32. The van der Waals surface area contributed by atoms with E-state index in [2.05, 4.69) is 17.9 Å². The Morgan fingerprint density at radius 1 is 1.57 bits per heavy atom. The number of aliphatic hydroxyl groups excluding tert-OH is 1. The van der Waals surface area contributed by atoms with Crippen LogP contribution in [0.3, 0.4) is 0 Å². The Labute approximate surface area is 81.2 Å². The lowest BCUT2D eigenvalue weighted by Gasteiger charge is -2.09. The fourth-order valence-electron chi connectivity index (χ4n) is 0.682. The van der Waals surface area contributed by atoms with Crippen molar-refractivity contribution in [3.8, 4) is 0 Å². The van der Waals surface area contributed by atoms with Crippen LogP contribution < -0.4 is 0 Å². The molecule has 0 aromatic heterocycles. The van der Waals surface area contributed by atoms with Crippen LogP contribution in [-0.2, 0) is 19.6 Å². The summed E-state index contributed by atoms with van der Waals surface area (Å²) in [5, 5.41) is 6.82. The highest BCUT2D eigenvalue weighted by Crippen LogP contribution is 2.11. The van der Waals surface area contributed by atoms with Crippen molar-refractivity contribution in [2.75, 3.05) is 0 Å². The third-order valence-corrected chi connectivity index (χ3v) is 2.32. The Morgan fingerprint density at radius 3 is 2.36 bits per heavy atom. The van der Waals surface area contributed by atoms with Gasteiger partial charge in [0, 0.05) is 6.42 Å². The summed E-state index contributed by atoms with van der Waals surface area (Å²) in [6.07, 6.45) is 0.103. The predicted octanol–water partition coefficient (Wildman–Crippen LogP) is 0.391. The zero-order valence-corrected chi connectivity index (χ0v) is 8.03. The quantitative estimate of drug-likeness (QED) is 0.396. The molecule has 0 bridgehead atoms. The van der Waals surface area contributed by atoms with Crippen LogP contribution in [0, 0.1) is 0 Å². The van der Waals surface area contributed by atoms with E-state index in [1.807, 2.05) is 0 Å². The maximum atomic E-state index is 10.9. The van der Waals surface area contributed by atoms with Gasteiger partial charge in [-0.1, -0.05) is 13.2 Å². The van der Waals surface area contributed by atoms with Gasteiger partial charge in [0.15, 0.2) is 5.25 Å². The molecule has 7 heteroatoms. The van der Waals surface area contributed by atoms with E-state index in [0.29, 0.717) is 0 Å². The zero-order valence-electron chi connectivity index (χ0n) is 7.21. The molecule has 1 atom stereocenters. The number of aliphatic hydroxyl groups is 1. The van der Waals surface area contributed by atoms with Crippen molar-refractivity contribution < 1.29 is 27.6 Å². The molecule has 2 N–H and O–H groups in total. The van der Waals surface area contributed by atoms with Crippen molar-refractivity contribution in [2.24, 2.45) is 0 Å². The summed E-state index contributed by atoms with van der Waals surface area (Å²) in [4.78, 5) is 10.9. The van der Waals surface area contributed by atoms with Crippen LogP contribution in [-0.4, -0.2) is 29.3 Å². The third-order valence-electron chi connectivity index (χ3n) is 1.24. The normalized spacial score (nSPS) is 12.9. The lowest BCUT2D eigenvalue weighted by Crippen LogP contribution is -2.31. The molecule has 6 nitrogen and oxygen atoms in total. The average molecular weight is 222 g/mol. The number of esters is 1. The predicted molar refractivity (Wildman–Crippen MR) is 48.0 cm³/mol. The molecule has 80 valence electrons. The number of carbonyl (C=O) groups excluding carboxylic acids is 1. The molecule has 0 saturated carbocycles. The molecule has 0 aliphatic carbocycles. The Hall–Kier alpha value is -1.34. The molecular formula is C7H10O6S. The van der Waals surface area contributed by atoms with E-state index in [4.69, 9.17) is 9.66 Å². The van der Waals surface area contributed by atoms with E-state index in [9.17, 15) is 13.2 Å². The molecule has 0 aromatic rings. The summed E-state index contributed by atoms with van der Waals surface area (Å²) in [7, 11) is -4.62. The first-order valence-electron chi connectivity index (χ1n) is 3.43. The first-order valence-corrected chi connectivity index (χ1v) is 4.93. The van der Waals surface area contributed by atoms with Gasteiger partial charge in [0.05, 0.1) is 12.0 Å². The summed E-state index contributed by atoms with van der Waals surface area (Å²) in [6.45, 7) is 6.04. The summed E-state index contributed by atoms with van der Waals surface area (Å²) >= 11 is 0. The molecule has 0 fully saturated rings. The SMILES string of the molecule is C=COC(=O)C(CC(=C)O)S(=O)(=O)O. The standard InChI is InChI=1S/C7H10O6S/c1-3-13-7(9)6(4-5(2)8)14(10,11)12/h3,6,8H,1-2,4H2,(H,10,11,12). The Balaban J connectivity index is 4.82. The highest BCUT2D eigenvalue weighted by molar-refractivity contribution is 7.87. The van der Waals surface area contributed by atoms with Crippen molar-refractivity contribution in [2.45, 2.75) is 11.7 Å². The second-order valence-corrected chi connectivity index (χ2v) is 3.98. The van der Waals surface area contributed by atoms with Gasteiger partial charge < -0.3 is 9.84 Å². The minimum Gasteiger partial charge on any atom is -0.513 e. The molecule has 0 radical (unpaired) electrons. The van der Waals surface area contributed by atoms with Crippen molar-refractivity contribution in [3.05, 3.63) is 25.2 Å². The lowest BCUT2D eigenvalue weighted by atomic mass is 10.3. The minimum absolute atomic E-state index is 0.548. The summed E-state index contributed by atoms with van der Waals surface area (Å²) in [6, 6.07) is 0. The van der Waals surface area contributed by atoms with Gasteiger partial charge in [-0.25, -0.2) is 0 Å². The molecule has 0 aliphatic rings. The second-order valence-electron chi connectivity index (χ2n) is 2.38. The Bertz CT molecular complexity index is 341. The molecule has 0 saturated heterocycles. The minimum atomic E-state index is -4.62. The first kappa shape index (κ1) is 12.7. The highest BCUT2D eigenvalue weighted by atomic mass is 32.2. The van der Waals surface area contributed by atoms with E-state index in [1.54, 1.807) is 0 Å². The fraction of sp³-hybridized carbons (Fsp3) is 0.286. The van der Waals surface area contributed by atoms with Crippen LogP contribution >= 0.6 is 0 Å². The number of carbonyl (C=O) groups is 1. The number of allylic oxidation sites excluding steroid dienone is 1. The van der Waals surface area contributed by atoms with Gasteiger partial charge in [0.2, 0.25) is 0 Å². The topological polar surface area (TPSA) is 101 Å². The van der Waals surface area contributed by atoms with E-state index in [-0.39, 0.29) is 0 Å². The van der Waals surface area contributed by atoms with Gasteiger partial charge >= 0.3 is 5.97 Å². The molecule has 0 heterocycles. The summed E-state index contributed by atoms with van der Waals surface area (Å²) < 4.78 is 34.1. The van der Waals surface area contributed by atoms with Gasteiger partial charge in [-0.2, -0.15) is 8.42 Å². The molecular weight excluding hydrogens is 212 g/mol. The zero-order chi connectivity index (χ0) is 11.4. The third kappa shape index (κ3) is 4.06. The van der Waals surface area contributed by atoms with Crippen molar-refractivity contribution in [3.63, 3.8) is 0 Å². The monoisotopic (exact) mass is 222 g/mol. The van der Waals surface area contributed by atoms with Gasteiger partial charge in [-0.05, 0) is 0 Å². The van der Waals surface area contributed by atoms with Gasteiger partial charge in [0.1, 0.15) is 0 Å². The van der Waals surface area contributed by atoms with Crippen LogP contribution in [0.1, 0.15) is 6.42 Å². The molecule has 0 spiro atoms. The molecule has 0 rings (SSSR count). The average Bonchev–Trinajstić information content (AvgIpc) is 1.98. The maximum Gasteiger partial charge on any atom is 0.332 e. The largest absolute Gasteiger partial charge is 0.513 e. The van der Waals surface area contributed by atoms with Crippen LogP contribution in [0.2, 0.25) is 0 Å². The van der Waals surface area contributed by atoms with Gasteiger partial charge in [0.25, 0.3) is 10.1 Å². The summed E-state index contributed by atoms with van der Waals surface area (Å²) in [5.74, 6) is -1.77. The smallest absolute Gasteiger partial charge is 0.332 e. The first-order chi connectivity index (χ1) is 6.29. The second kappa shape index (κ2) is 4.77. The highest BCUT2D eigenvalue weighted by Gasteiger charge is 2.32. The molecule has 0 aliphatic heterocycles. The molecule has 14 heavy (non-hydrogen) atoms. The van der Waals surface area contributed by atoms with E-state index >= 15 is 0 Å². The van der Waals surface area contributed by atoms with E-state index < -0.39 is 33.5 Å². The van der Waals surface area contributed by atoms with Crippen molar-refractivity contribution in [1.82, 2.24) is 0 Å². The van der Waals surface area contributed by atoms with Gasteiger partial charge in [-0.15, -0.1) is 0 Å². The molecule has 1 unspecified atom stereocenters. The van der Waals surface area contributed by atoms with Crippen LogP contribution in [0.4, 0.5) is 0 Å². The molecule has 0 amide bonds. The number of ether oxygens (including phenoxy) is 1. The van der Waals surface area contributed by atoms with Crippen LogP contribution in [0.15, 0.2) is 25.2 Å². The van der Waals surface area contributed by atoms with Crippen molar-refractivity contribution >= 4 is 16.1 Å². The van der Waals surface area contributed by atoms with Crippen LogP contribution in [0.5, 0.6) is 0 Å². The summed E-state index contributed by atoms with van der Waals surface area (Å²) in [5.41, 5.74) is 0. The van der Waals surface area contributed by atoms with E-state index in [1.165, 1.54) is 0 Å². The fourth-order valence-corrected chi connectivity index (χ4v) is 1.38. The van der Waals surface area contributed by atoms with Crippen LogP contribution in [0.25, 0.3) is 0 Å². The number of hydrogen-bond acceptors (Lipinski definition) is 5. The number of rotatable bonds is 5. The van der Waals surface area contributed by atoms with Gasteiger partial charge in [-0.3, -0.25) is 9.35 Å². The Morgan fingerprint density at radius 2 is 2.07 bits per heavy atom. The van der Waals surface area contributed by atoms with Crippen molar-refractivity contribution in [1.29, 1.82) is 0 Å². The molecule has 0 aromatic carbocycles. The number of hydrogen-bond donors (Lipinski definition) is 2. The van der Waals surface area contributed by atoms with E-state index in [0.717, 1.165) is 6.26 Å². The lowest BCUT2D eigenvalue weighted by molar-refractivity contribution is -0.137.